The number of carbonyl (C=O) groups excluding carboxylic acids is 3. The number of ether oxygens (including phenoxy) is 1. The van der Waals surface area contributed by atoms with E-state index in [-0.39, 0.29) is 11.7 Å². The Labute approximate surface area is 150 Å². The van der Waals surface area contributed by atoms with Gasteiger partial charge in [-0.05, 0) is 24.8 Å². The van der Waals surface area contributed by atoms with E-state index in [0.717, 1.165) is 25.7 Å². The molecule has 0 unspecified atom stereocenters. The van der Waals surface area contributed by atoms with Crippen molar-refractivity contribution in [2.75, 3.05) is 6.61 Å². The maximum Gasteiger partial charge on any atom is 0.359 e. The third kappa shape index (κ3) is 4.19. The second-order valence-corrected chi connectivity index (χ2v) is 6.58. The van der Waals surface area contributed by atoms with Crippen LogP contribution in [0.1, 0.15) is 43.1 Å². The van der Waals surface area contributed by atoms with Crippen LogP contribution < -0.4 is 10.6 Å². The fourth-order valence-corrected chi connectivity index (χ4v) is 3.22. The molecule has 1 aliphatic rings. The molecule has 8 nitrogen and oxygen atoms in total. The molecule has 1 aromatic heterocycles. The van der Waals surface area contributed by atoms with E-state index in [4.69, 9.17) is 4.74 Å². The van der Waals surface area contributed by atoms with E-state index in [0.29, 0.717) is 16.8 Å². The Bertz CT molecular complexity index is 816. The summed E-state index contributed by atoms with van der Waals surface area (Å²) in [6, 6.07) is 6.60. The van der Waals surface area contributed by atoms with E-state index in [2.05, 4.69) is 27.8 Å². The molecule has 3 rings (SSSR count). The van der Waals surface area contributed by atoms with Gasteiger partial charge in [-0.3, -0.25) is 15.2 Å². The number of fused-ring (bicyclic) bond motifs is 1. The van der Waals surface area contributed by atoms with Crippen LogP contribution in [0.5, 0.6) is 0 Å². The standard InChI is InChI=1S/C18H22N4O4/c1-11-6-2-4-8-13(11)19-18(25)20-15(23)10-26-17(24)16-12-7-3-5-9-14(12)21-22-16/h3,5,7,9,11,13H,2,4,6,8,10H2,1H3,(H,21,22)(H2,19,20,23,25)/t11-,13-/m1/s1. The Morgan fingerprint density at radius 2 is 2.00 bits per heavy atom. The van der Waals surface area contributed by atoms with Crippen molar-refractivity contribution in [2.45, 2.75) is 38.6 Å². The highest BCUT2D eigenvalue weighted by molar-refractivity contribution is 6.03. The van der Waals surface area contributed by atoms with Crippen molar-refractivity contribution in [3.05, 3.63) is 30.0 Å². The monoisotopic (exact) mass is 358 g/mol. The third-order valence-electron chi connectivity index (χ3n) is 4.68. The minimum atomic E-state index is -0.723. The number of para-hydroxylation sites is 1. The highest BCUT2D eigenvalue weighted by Gasteiger charge is 2.24. The predicted octanol–water partition coefficient (Wildman–Crippen LogP) is 2.12. The van der Waals surface area contributed by atoms with E-state index in [9.17, 15) is 14.4 Å². The van der Waals surface area contributed by atoms with Gasteiger partial charge in [0.15, 0.2) is 12.3 Å². The van der Waals surface area contributed by atoms with Gasteiger partial charge in [0.1, 0.15) is 0 Å². The highest BCUT2D eigenvalue weighted by atomic mass is 16.5. The molecule has 1 heterocycles. The molecule has 0 spiro atoms. The molecule has 0 saturated heterocycles. The topological polar surface area (TPSA) is 113 Å². The number of hydrogen-bond acceptors (Lipinski definition) is 5. The molecule has 1 aromatic carbocycles. The summed E-state index contributed by atoms with van der Waals surface area (Å²) in [5.74, 6) is -1.02. The Kier molecular flexibility index (Phi) is 5.50. The summed E-state index contributed by atoms with van der Waals surface area (Å²) >= 11 is 0. The van der Waals surface area contributed by atoms with Crippen molar-refractivity contribution in [3.63, 3.8) is 0 Å². The predicted molar refractivity (Wildman–Crippen MR) is 94.5 cm³/mol. The summed E-state index contributed by atoms with van der Waals surface area (Å²) < 4.78 is 4.95. The average Bonchev–Trinajstić information content (AvgIpc) is 3.06. The fraction of sp³-hybridized carbons (Fsp3) is 0.444. The molecule has 2 atom stereocenters. The molecular weight excluding hydrogens is 336 g/mol. The second kappa shape index (κ2) is 7.99. The van der Waals surface area contributed by atoms with Crippen LogP contribution in [0, 0.1) is 5.92 Å². The number of H-pyrrole nitrogens is 1. The number of nitrogens with one attached hydrogen (secondary N) is 3. The van der Waals surface area contributed by atoms with Crippen molar-refractivity contribution in [3.8, 4) is 0 Å². The molecular formula is C18H22N4O4. The van der Waals surface area contributed by atoms with Crippen LogP contribution in [0.3, 0.4) is 0 Å². The number of benzene rings is 1. The smallest absolute Gasteiger partial charge is 0.359 e. The van der Waals surface area contributed by atoms with Crippen molar-refractivity contribution >= 4 is 28.8 Å². The first-order chi connectivity index (χ1) is 12.5. The molecule has 1 fully saturated rings. The number of esters is 1. The highest BCUT2D eigenvalue weighted by Crippen LogP contribution is 2.23. The number of aromatic nitrogens is 2. The lowest BCUT2D eigenvalue weighted by atomic mass is 9.86. The van der Waals surface area contributed by atoms with Gasteiger partial charge in [0, 0.05) is 11.4 Å². The SMILES string of the molecule is C[C@@H]1CCCC[C@H]1NC(=O)NC(=O)COC(=O)c1n[nH]c2ccccc12. The Hall–Kier alpha value is -2.90. The van der Waals surface area contributed by atoms with Crippen molar-refractivity contribution < 1.29 is 19.1 Å². The molecule has 138 valence electrons. The van der Waals surface area contributed by atoms with E-state index in [1.54, 1.807) is 18.2 Å². The Morgan fingerprint density at radius 3 is 2.81 bits per heavy atom. The van der Waals surface area contributed by atoms with Crippen LogP contribution >= 0.6 is 0 Å². The molecule has 8 heteroatoms. The maximum atomic E-state index is 12.1. The summed E-state index contributed by atoms with van der Waals surface area (Å²) in [6.07, 6.45) is 4.20. The van der Waals surface area contributed by atoms with Crippen LogP contribution in [0.25, 0.3) is 10.9 Å². The van der Waals surface area contributed by atoms with Crippen molar-refractivity contribution in [2.24, 2.45) is 5.92 Å². The van der Waals surface area contributed by atoms with E-state index in [1.165, 1.54) is 0 Å². The minimum absolute atomic E-state index is 0.0644. The van der Waals surface area contributed by atoms with E-state index in [1.807, 2.05) is 6.07 Å². The average molecular weight is 358 g/mol. The van der Waals surface area contributed by atoms with Crippen molar-refractivity contribution in [1.29, 1.82) is 0 Å². The first kappa shape index (κ1) is 17.9. The van der Waals surface area contributed by atoms with Gasteiger partial charge in [0.2, 0.25) is 0 Å². The van der Waals surface area contributed by atoms with Gasteiger partial charge in [-0.25, -0.2) is 9.59 Å². The quantitative estimate of drug-likeness (QED) is 0.725. The zero-order chi connectivity index (χ0) is 18.5. The summed E-state index contributed by atoms with van der Waals surface area (Å²) in [6.45, 7) is 1.54. The Balaban J connectivity index is 1.47. The minimum Gasteiger partial charge on any atom is -0.451 e. The lowest BCUT2D eigenvalue weighted by Gasteiger charge is -2.29. The van der Waals surface area contributed by atoms with Gasteiger partial charge in [0.25, 0.3) is 5.91 Å². The van der Waals surface area contributed by atoms with Crippen molar-refractivity contribution in [1.82, 2.24) is 20.8 Å². The third-order valence-corrected chi connectivity index (χ3v) is 4.68. The first-order valence-electron chi connectivity index (χ1n) is 8.75. The Morgan fingerprint density at radius 1 is 1.23 bits per heavy atom. The number of urea groups is 1. The lowest BCUT2D eigenvalue weighted by molar-refractivity contribution is -0.123. The van der Waals surface area contributed by atoms with Gasteiger partial charge in [-0.1, -0.05) is 38.0 Å². The van der Waals surface area contributed by atoms with Gasteiger partial charge in [-0.2, -0.15) is 5.10 Å². The normalized spacial score (nSPS) is 19.7. The zero-order valence-corrected chi connectivity index (χ0v) is 14.6. The number of carbonyl (C=O) groups is 3. The van der Waals surface area contributed by atoms with E-state index < -0.39 is 24.5 Å². The fourth-order valence-electron chi connectivity index (χ4n) is 3.22. The summed E-state index contributed by atoms with van der Waals surface area (Å²) in [4.78, 5) is 35.8. The number of rotatable bonds is 4. The molecule has 3 N–H and O–H groups in total. The second-order valence-electron chi connectivity index (χ2n) is 6.58. The molecule has 1 saturated carbocycles. The number of imide groups is 1. The number of aromatic amines is 1. The van der Waals surface area contributed by atoms with Gasteiger partial charge < -0.3 is 10.1 Å². The molecule has 0 radical (unpaired) electrons. The molecule has 2 aromatic rings. The summed E-state index contributed by atoms with van der Waals surface area (Å²) in [5, 5.41) is 12.2. The molecule has 26 heavy (non-hydrogen) atoms. The van der Waals surface area contributed by atoms with Crippen LogP contribution in [0.15, 0.2) is 24.3 Å². The van der Waals surface area contributed by atoms with Gasteiger partial charge in [0.05, 0.1) is 5.52 Å². The molecule has 0 bridgehead atoms. The molecule has 3 amide bonds. The zero-order valence-electron chi connectivity index (χ0n) is 14.6. The summed E-state index contributed by atoms with van der Waals surface area (Å²) in [7, 11) is 0. The van der Waals surface area contributed by atoms with Crippen LogP contribution in [-0.4, -0.2) is 40.8 Å². The number of hydrogen-bond donors (Lipinski definition) is 3. The van der Waals surface area contributed by atoms with Crippen LogP contribution in [0.4, 0.5) is 4.79 Å². The van der Waals surface area contributed by atoms with Crippen LogP contribution in [0.2, 0.25) is 0 Å². The first-order valence-corrected chi connectivity index (χ1v) is 8.75. The largest absolute Gasteiger partial charge is 0.451 e. The number of amides is 3. The van der Waals surface area contributed by atoms with Gasteiger partial charge >= 0.3 is 12.0 Å². The number of nitrogens with zero attached hydrogens (tertiary/aromatic N) is 1. The lowest BCUT2D eigenvalue weighted by Crippen LogP contribution is -2.48. The molecule has 1 aliphatic carbocycles. The maximum absolute atomic E-state index is 12.1. The molecule has 0 aliphatic heterocycles. The van der Waals surface area contributed by atoms with E-state index >= 15 is 0 Å². The van der Waals surface area contributed by atoms with Gasteiger partial charge in [-0.15, -0.1) is 0 Å². The van der Waals surface area contributed by atoms with Crippen LogP contribution in [-0.2, 0) is 9.53 Å². The summed E-state index contributed by atoms with van der Waals surface area (Å²) in [5.41, 5.74) is 0.804.